The fourth-order valence-electron chi connectivity index (χ4n) is 5.24. The molecule has 2 rings (SSSR count). The van der Waals surface area contributed by atoms with Crippen molar-refractivity contribution < 1.29 is 18.3 Å². The van der Waals surface area contributed by atoms with Gasteiger partial charge in [0.25, 0.3) is 0 Å². The van der Waals surface area contributed by atoms with E-state index in [4.69, 9.17) is 9.47 Å². The first kappa shape index (κ1) is 26.5. The molecule has 2 nitrogen and oxygen atoms in total. The standard InChI is InChI=1S/C27H46F2O2/c1-4-7-8-19-30-24-17-18-25(27(29)26(24)28)31-20-23-15-13-22(14-16-23)12-9-11-21(6-3)10-5-2/h4,6,21-27H,1,3,5,7-20H2,2H3. The lowest BCUT2D eigenvalue weighted by molar-refractivity contribution is -0.123. The molecule has 0 radical (unpaired) electrons. The van der Waals surface area contributed by atoms with E-state index >= 15 is 0 Å². The van der Waals surface area contributed by atoms with Crippen LogP contribution in [-0.2, 0) is 9.47 Å². The lowest BCUT2D eigenvalue weighted by Crippen LogP contribution is -2.47. The van der Waals surface area contributed by atoms with Crippen LogP contribution in [0, 0.1) is 17.8 Å². The third-order valence-electron chi connectivity index (χ3n) is 7.33. The highest BCUT2D eigenvalue weighted by molar-refractivity contribution is 4.90. The Balaban J connectivity index is 1.59. The van der Waals surface area contributed by atoms with E-state index in [1.165, 1.54) is 44.9 Å². The van der Waals surface area contributed by atoms with Crippen LogP contribution < -0.4 is 0 Å². The molecule has 2 fully saturated rings. The van der Waals surface area contributed by atoms with Crippen molar-refractivity contribution in [3.63, 3.8) is 0 Å². The number of alkyl halides is 2. The summed E-state index contributed by atoms with van der Waals surface area (Å²) in [6.07, 6.45) is 13.4. The fraction of sp³-hybridized carbons (Fsp3) is 0.852. The largest absolute Gasteiger partial charge is 0.375 e. The summed E-state index contributed by atoms with van der Waals surface area (Å²) >= 11 is 0. The summed E-state index contributed by atoms with van der Waals surface area (Å²) in [5.74, 6) is 1.99. The van der Waals surface area contributed by atoms with Crippen molar-refractivity contribution in [3.8, 4) is 0 Å². The molecule has 2 saturated carbocycles. The molecule has 0 aromatic rings. The molecule has 4 heteroatoms. The Morgan fingerprint density at radius 3 is 2.13 bits per heavy atom. The number of hydrogen-bond donors (Lipinski definition) is 0. The van der Waals surface area contributed by atoms with Crippen molar-refractivity contribution in [2.75, 3.05) is 13.2 Å². The Hall–Kier alpha value is -0.740. The first-order chi connectivity index (χ1) is 15.1. The normalized spacial score (nSPS) is 32.5. The molecule has 0 aliphatic heterocycles. The molecule has 0 bridgehead atoms. The number of unbranched alkanes of at least 4 members (excludes halogenated alkanes) is 1. The molecule has 0 N–H and O–H groups in total. The molecular weight excluding hydrogens is 394 g/mol. The van der Waals surface area contributed by atoms with Gasteiger partial charge in [0, 0.05) is 13.2 Å². The van der Waals surface area contributed by atoms with Crippen molar-refractivity contribution in [1.82, 2.24) is 0 Å². The Morgan fingerprint density at radius 1 is 0.871 bits per heavy atom. The fourth-order valence-corrected chi connectivity index (χ4v) is 5.24. The third-order valence-corrected chi connectivity index (χ3v) is 7.33. The van der Waals surface area contributed by atoms with Gasteiger partial charge in [-0.05, 0) is 69.1 Å². The van der Waals surface area contributed by atoms with Crippen molar-refractivity contribution in [1.29, 1.82) is 0 Å². The van der Waals surface area contributed by atoms with Crippen LogP contribution in [0.15, 0.2) is 25.3 Å². The number of hydrogen-bond acceptors (Lipinski definition) is 2. The highest BCUT2D eigenvalue weighted by Gasteiger charge is 2.41. The van der Waals surface area contributed by atoms with Crippen LogP contribution in [-0.4, -0.2) is 37.8 Å². The topological polar surface area (TPSA) is 18.5 Å². The molecule has 0 amide bonds. The van der Waals surface area contributed by atoms with Gasteiger partial charge in [0.1, 0.15) is 0 Å². The summed E-state index contributed by atoms with van der Waals surface area (Å²) in [6.45, 7) is 10.9. The minimum Gasteiger partial charge on any atom is -0.375 e. The molecular formula is C27H46F2O2. The number of rotatable bonds is 15. The van der Waals surface area contributed by atoms with Crippen molar-refractivity contribution in [3.05, 3.63) is 25.3 Å². The molecule has 0 saturated heterocycles. The minimum absolute atomic E-state index is 0.464. The van der Waals surface area contributed by atoms with Crippen molar-refractivity contribution in [2.24, 2.45) is 17.8 Å². The molecule has 5 atom stereocenters. The van der Waals surface area contributed by atoms with Gasteiger partial charge < -0.3 is 9.47 Å². The van der Waals surface area contributed by atoms with Gasteiger partial charge in [-0.1, -0.05) is 51.2 Å². The maximum atomic E-state index is 14.6. The second-order valence-electron chi connectivity index (χ2n) is 9.78. The molecule has 2 aliphatic rings. The van der Waals surface area contributed by atoms with Crippen LogP contribution in [0.25, 0.3) is 0 Å². The molecule has 0 aromatic heterocycles. The minimum atomic E-state index is -1.58. The summed E-state index contributed by atoms with van der Waals surface area (Å²) in [7, 11) is 0. The molecule has 2 aliphatic carbocycles. The Labute approximate surface area is 189 Å². The van der Waals surface area contributed by atoms with Crippen molar-refractivity contribution in [2.45, 2.75) is 115 Å². The smallest absolute Gasteiger partial charge is 0.160 e. The summed E-state index contributed by atoms with van der Waals surface area (Å²) in [6, 6.07) is 0. The second-order valence-corrected chi connectivity index (χ2v) is 9.78. The summed E-state index contributed by atoms with van der Waals surface area (Å²) < 4.78 is 40.5. The van der Waals surface area contributed by atoms with Gasteiger partial charge >= 0.3 is 0 Å². The molecule has 5 unspecified atom stereocenters. The number of allylic oxidation sites excluding steroid dienone is 2. The van der Waals surface area contributed by atoms with Crippen LogP contribution >= 0.6 is 0 Å². The van der Waals surface area contributed by atoms with E-state index in [0.29, 0.717) is 37.9 Å². The van der Waals surface area contributed by atoms with Gasteiger partial charge in [0.05, 0.1) is 12.2 Å². The van der Waals surface area contributed by atoms with Crippen LogP contribution in [0.5, 0.6) is 0 Å². The zero-order valence-corrected chi connectivity index (χ0v) is 19.8. The van der Waals surface area contributed by atoms with E-state index in [2.05, 4.69) is 26.2 Å². The molecule has 0 heterocycles. The summed E-state index contributed by atoms with van der Waals surface area (Å²) in [4.78, 5) is 0. The lowest BCUT2D eigenvalue weighted by atomic mass is 9.79. The highest BCUT2D eigenvalue weighted by Crippen LogP contribution is 2.34. The molecule has 0 spiro atoms. The van der Waals surface area contributed by atoms with E-state index in [1.807, 2.05) is 6.08 Å². The quantitative estimate of drug-likeness (QED) is 0.191. The van der Waals surface area contributed by atoms with Crippen LogP contribution in [0.4, 0.5) is 8.78 Å². The zero-order valence-electron chi connectivity index (χ0n) is 19.8. The number of halogens is 2. The van der Waals surface area contributed by atoms with E-state index in [0.717, 1.165) is 31.6 Å². The van der Waals surface area contributed by atoms with E-state index in [-0.39, 0.29) is 0 Å². The van der Waals surface area contributed by atoms with Crippen molar-refractivity contribution >= 4 is 0 Å². The highest BCUT2D eigenvalue weighted by atomic mass is 19.2. The van der Waals surface area contributed by atoms with Gasteiger partial charge in [0.2, 0.25) is 0 Å². The van der Waals surface area contributed by atoms with Crippen LogP contribution in [0.3, 0.4) is 0 Å². The SMILES string of the molecule is C=CCCCOC1CCC(OCC2CCC(CCCC(C=C)CCC)CC2)C(F)C1F. The Kier molecular flexibility index (Phi) is 13.0. The number of ether oxygens (including phenoxy) is 2. The molecule has 0 aromatic carbocycles. The molecule has 31 heavy (non-hydrogen) atoms. The average Bonchev–Trinajstić information content (AvgIpc) is 2.79. The van der Waals surface area contributed by atoms with Gasteiger partial charge in [-0.2, -0.15) is 0 Å². The summed E-state index contributed by atoms with van der Waals surface area (Å²) in [5, 5.41) is 0. The van der Waals surface area contributed by atoms with E-state index < -0.39 is 24.6 Å². The monoisotopic (exact) mass is 440 g/mol. The van der Waals surface area contributed by atoms with Crippen LogP contribution in [0.1, 0.15) is 90.4 Å². The predicted molar refractivity (Wildman–Crippen MR) is 126 cm³/mol. The first-order valence-corrected chi connectivity index (χ1v) is 12.8. The van der Waals surface area contributed by atoms with Crippen LogP contribution in [0.2, 0.25) is 0 Å². The maximum Gasteiger partial charge on any atom is 0.160 e. The van der Waals surface area contributed by atoms with E-state index in [9.17, 15) is 8.78 Å². The molecule has 180 valence electrons. The predicted octanol–water partition coefficient (Wildman–Crippen LogP) is 7.77. The zero-order chi connectivity index (χ0) is 22.5. The Bertz CT molecular complexity index is 490. The van der Waals surface area contributed by atoms with Gasteiger partial charge in [-0.15, -0.1) is 13.2 Å². The lowest BCUT2D eigenvalue weighted by Gasteiger charge is -2.36. The average molecular weight is 441 g/mol. The second kappa shape index (κ2) is 15.2. The van der Waals surface area contributed by atoms with Gasteiger partial charge in [-0.25, -0.2) is 8.78 Å². The maximum absolute atomic E-state index is 14.6. The summed E-state index contributed by atoms with van der Waals surface area (Å²) in [5.41, 5.74) is 0. The van der Waals surface area contributed by atoms with Gasteiger partial charge in [-0.3, -0.25) is 0 Å². The van der Waals surface area contributed by atoms with Gasteiger partial charge in [0.15, 0.2) is 12.3 Å². The van der Waals surface area contributed by atoms with E-state index in [1.54, 1.807) is 0 Å². The third kappa shape index (κ3) is 9.34. The first-order valence-electron chi connectivity index (χ1n) is 12.8. The Morgan fingerprint density at radius 2 is 1.52 bits per heavy atom.